The van der Waals surface area contributed by atoms with Crippen molar-refractivity contribution in [3.8, 4) is 0 Å². The molecule has 0 saturated heterocycles. The number of aliphatic imine (C=N–C) groups is 1. The van der Waals surface area contributed by atoms with Crippen LogP contribution in [-0.2, 0) is 42.3 Å². The Morgan fingerprint density at radius 1 is 1.29 bits per heavy atom. The molecule has 0 aromatic rings. The van der Waals surface area contributed by atoms with Crippen LogP contribution in [0, 0.1) is 0 Å². The van der Waals surface area contributed by atoms with Gasteiger partial charge in [0.2, 0.25) is 0 Å². The van der Waals surface area contributed by atoms with Crippen molar-refractivity contribution >= 4 is 47.5 Å². The average Bonchev–Trinajstić information content (AvgIpc) is 2.25. The minimum absolute atomic E-state index is 0. The van der Waals surface area contributed by atoms with Crippen LogP contribution in [0.15, 0.2) is 20.3 Å². The van der Waals surface area contributed by atoms with Crippen molar-refractivity contribution in [2.75, 3.05) is 21.1 Å². The predicted molar refractivity (Wildman–Crippen MR) is 73.9 cm³/mol. The second-order valence-electron chi connectivity index (χ2n) is 2.92. The first-order valence-corrected chi connectivity index (χ1v) is 5.18. The molecule has 0 fully saturated rings. The Bertz CT molecular complexity index is 337. The maximum absolute atomic E-state index is 4.91. The van der Waals surface area contributed by atoms with Gasteiger partial charge in [0.25, 0.3) is 0 Å². The molecule has 1 radical (unpaired) electrons. The molecule has 0 saturated carbocycles. The molecule has 0 unspecified atom stereocenters. The van der Waals surface area contributed by atoms with Crippen LogP contribution >= 0.6 is 0 Å². The van der Waals surface area contributed by atoms with Gasteiger partial charge in [-0.05, 0) is 12.1 Å². The van der Waals surface area contributed by atoms with E-state index in [-0.39, 0.29) is 17.1 Å². The quantitative estimate of drug-likeness (QED) is 0.259. The van der Waals surface area contributed by atoms with E-state index in [9.17, 15) is 0 Å². The Morgan fingerprint density at radius 3 is 2.35 bits per heavy atom. The van der Waals surface area contributed by atoms with Crippen LogP contribution in [-0.4, -0.2) is 48.3 Å². The van der Waals surface area contributed by atoms with Crippen molar-refractivity contribution in [1.82, 2.24) is 10.3 Å². The molecule has 0 spiro atoms. The molecule has 0 bridgehead atoms. The molecule has 0 atom stereocenters. The molecule has 0 amide bonds. The third-order valence-corrected chi connectivity index (χ3v) is 2.02. The largest absolute Gasteiger partial charge is 2.00 e. The fourth-order valence-electron chi connectivity index (χ4n) is 0.466. The molecule has 0 aliphatic heterocycles. The van der Waals surface area contributed by atoms with Crippen LogP contribution in [0.2, 0.25) is 0 Å². The first-order valence-electron chi connectivity index (χ1n) is 4.36. The summed E-state index contributed by atoms with van der Waals surface area (Å²) >= 11 is 9.69. The molecule has 17 heavy (non-hydrogen) atoms. The normalized spacial score (nSPS) is 13.5. The van der Waals surface area contributed by atoms with Crippen LogP contribution in [0.4, 0.5) is 0 Å². The molecule has 6 nitrogen and oxygen atoms in total. The van der Waals surface area contributed by atoms with Crippen molar-refractivity contribution < 1.29 is 17.1 Å². The van der Waals surface area contributed by atoms with Gasteiger partial charge in [0, 0.05) is 26.3 Å². The molecule has 0 rings (SSSR count). The third kappa shape index (κ3) is 10.1. The van der Waals surface area contributed by atoms with Gasteiger partial charge in [-0.25, -0.2) is 0 Å². The number of amidine groups is 2. The van der Waals surface area contributed by atoms with E-state index in [1.54, 1.807) is 33.0 Å². The van der Waals surface area contributed by atoms with Gasteiger partial charge in [0.15, 0.2) is 0 Å². The summed E-state index contributed by atoms with van der Waals surface area (Å²) in [6.07, 6.45) is 1.47. The van der Waals surface area contributed by atoms with Gasteiger partial charge in [0.05, 0.1) is 11.9 Å². The van der Waals surface area contributed by atoms with E-state index in [1.165, 1.54) is 6.21 Å². The second kappa shape index (κ2) is 10.4. The fourth-order valence-corrected chi connectivity index (χ4v) is 0.559. The van der Waals surface area contributed by atoms with E-state index < -0.39 is 0 Å². The molecule has 0 aromatic carbocycles. The maximum atomic E-state index is 4.91. The minimum atomic E-state index is 0. The van der Waals surface area contributed by atoms with Crippen LogP contribution in [0.1, 0.15) is 6.92 Å². The van der Waals surface area contributed by atoms with E-state index in [2.05, 4.69) is 25.7 Å². The SMILES string of the molecule is CN=C([S-])N/N=C(C)/C=N/N=C(\[S-])N(C)C.[67Cu+2]. The molecule has 9 heteroatoms. The minimum Gasteiger partial charge on any atom is -0.741 e. The van der Waals surface area contributed by atoms with Crippen molar-refractivity contribution in [3.05, 3.63) is 0 Å². The first-order chi connectivity index (χ1) is 7.47. The zero-order valence-corrected chi connectivity index (χ0v) is 12.5. The number of nitrogens with one attached hydrogen (secondary N) is 1. The second-order valence-corrected chi connectivity index (χ2v) is 3.67. The molecular weight excluding hydrogens is 311 g/mol. The van der Waals surface area contributed by atoms with Crippen LogP contribution in [0.5, 0.6) is 0 Å². The summed E-state index contributed by atoms with van der Waals surface area (Å²) in [5, 5.41) is 12.2. The summed E-state index contributed by atoms with van der Waals surface area (Å²) in [4.78, 5) is 5.39. The van der Waals surface area contributed by atoms with Crippen molar-refractivity contribution in [2.45, 2.75) is 6.92 Å². The smallest absolute Gasteiger partial charge is 0.741 e. The third-order valence-electron chi connectivity index (χ3n) is 1.30. The molecular formula is C8H14CuN6S2. The van der Waals surface area contributed by atoms with E-state index in [0.717, 1.165) is 0 Å². The van der Waals surface area contributed by atoms with Gasteiger partial charge in [-0.1, -0.05) is 0 Å². The molecule has 0 aromatic heterocycles. The summed E-state index contributed by atoms with van der Waals surface area (Å²) < 4.78 is 0. The van der Waals surface area contributed by atoms with E-state index >= 15 is 0 Å². The van der Waals surface area contributed by atoms with E-state index in [4.69, 9.17) is 25.3 Å². The monoisotopic (exact) mass is 325 g/mol. The van der Waals surface area contributed by atoms with E-state index in [1.807, 2.05) is 0 Å². The van der Waals surface area contributed by atoms with Crippen molar-refractivity contribution in [3.63, 3.8) is 0 Å². The van der Waals surface area contributed by atoms with Gasteiger partial charge >= 0.3 is 17.1 Å². The fraction of sp³-hybridized carbons (Fsp3) is 0.500. The Morgan fingerprint density at radius 2 is 1.88 bits per heavy atom. The molecule has 0 aliphatic rings. The number of nitrogens with zero attached hydrogens (tertiary/aromatic N) is 5. The van der Waals surface area contributed by atoms with Gasteiger partial charge in [-0.2, -0.15) is 15.3 Å². The zero-order chi connectivity index (χ0) is 12.6. The van der Waals surface area contributed by atoms with E-state index in [0.29, 0.717) is 16.0 Å². The van der Waals surface area contributed by atoms with Gasteiger partial charge in [-0.3, -0.25) is 10.4 Å². The van der Waals surface area contributed by atoms with Crippen LogP contribution < -0.4 is 5.43 Å². The first kappa shape index (κ1) is 18.6. The summed E-state index contributed by atoms with van der Waals surface area (Å²) in [5.74, 6) is 0. The summed E-state index contributed by atoms with van der Waals surface area (Å²) in [7, 11) is 5.18. The summed E-state index contributed by atoms with van der Waals surface area (Å²) in [6, 6.07) is 0. The number of hydrazone groups is 1. The standard InChI is InChI=1S/C8H16N6S2.Cu/c1-6(11-12-7(15)9-2)5-10-13-8(16)14(3)4;/h5H,1-4H3,(H,13,16)(H2,9,12,15);/q;+2/p-2/b10-5+,11-6+;/i;1+3. The van der Waals surface area contributed by atoms with Crippen molar-refractivity contribution in [1.29, 1.82) is 0 Å². The van der Waals surface area contributed by atoms with Crippen LogP contribution in [0.3, 0.4) is 0 Å². The average molecular weight is 325 g/mol. The number of hydrogen-bond acceptors (Lipinski definition) is 6. The maximum Gasteiger partial charge on any atom is 2.00 e. The number of hydrogen-bond donors (Lipinski definition) is 1. The van der Waals surface area contributed by atoms with Gasteiger partial charge in [0.1, 0.15) is 0 Å². The Kier molecular flexibility index (Phi) is 11.4. The molecule has 0 aliphatic carbocycles. The molecule has 99 valence electrons. The Labute approximate surface area is 123 Å². The van der Waals surface area contributed by atoms with Gasteiger partial charge < -0.3 is 30.2 Å². The predicted octanol–water partition coefficient (Wildman–Crippen LogP) is -0.0676. The summed E-state index contributed by atoms with van der Waals surface area (Å²) in [6.45, 7) is 1.75. The molecule has 0 heterocycles. The van der Waals surface area contributed by atoms with Crippen LogP contribution in [0.25, 0.3) is 0 Å². The van der Waals surface area contributed by atoms with Gasteiger partial charge in [-0.15, -0.1) is 0 Å². The summed E-state index contributed by atoms with van der Waals surface area (Å²) in [5.41, 5.74) is 3.19. The Hall–Kier alpha value is -0.761. The number of rotatable bonds is 3. The van der Waals surface area contributed by atoms with Crippen molar-refractivity contribution in [2.24, 2.45) is 20.3 Å². The Balaban J connectivity index is 0. The molecule has 1 N–H and O–H groups in total. The topological polar surface area (TPSA) is 64.7 Å². The zero-order valence-electron chi connectivity index (χ0n) is 9.93.